The van der Waals surface area contributed by atoms with Gasteiger partial charge in [0.2, 0.25) is 11.7 Å². The van der Waals surface area contributed by atoms with Crippen LogP contribution in [0.1, 0.15) is 5.56 Å². The molecule has 0 fully saturated rings. The Labute approximate surface area is 125 Å². The second-order valence-corrected chi connectivity index (χ2v) is 4.57. The van der Waals surface area contributed by atoms with Crippen LogP contribution in [0.2, 0.25) is 5.02 Å². The van der Waals surface area contributed by atoms with Crippen molar-refractivity contribution in [1.82, 2.24) is 4.98 Å². The fourth-order valence-corrected chi connectivity index (χ4v) is 1.71. The zero-order valence-electron chi connectivity index (χ0n) is 10.6. The average Bonchev–Trinajstić information content (AvgIpc) is 2.50. The zero-order valence-corrected chi connectivity index (χ0v) is 11.3. The molecule has 0 aliphatic rings. The molecule has 0 spiro atoms. The summed E-state index contributed by atoms with van der Waals surface area (Å²) < 4.78 is 65.7. The predicted molar refractivity (Wildman–Crippen MR) is 67.8 cm³/mol. The first-order chi connectivity index (χ1) is 10.3. The quantitative estimate of drug-likeness (QED) is 0.528. The van der Waals surface area contributed by atoms with Gasteiger partial charge < -0.3 is 5.32 Å². The Morgan fingerprint density at radius 1 is 1.00 bits per heavy atom. The monoisotopic (exact) mass is 336 g/mol. The third-order valence-corrected chi connectivity index (χ3v) is 2.86. The Morgan fingerprint density at radius 3 is 2.05 bits per heavy atom. The first kappa shape index (κ1) is 16.2. The van der Waals surface area contributed by atoms with Crippen molar-refractivity contribution < 1.29 is 26.7 Å². The number of halogens is 6. The summed E-state index contributed by atoms with van der Waals surface area (Å²) in [4.78, 5) is 15.3. The van der Waals surface area contributed by atoms with Gasteiger partial charge in [-0.25, -0.2) is 26.9 Å². The second kappa shape index (κ2) is 6.27. The summed E-state index contributed by atoms with van der Waals surface area (Å²) in [5.74, 6) is -11.6. The van der Waals surface area contributed by atoms with E-state index in [0.29, 0.717) is 0 Å². The van der Waals surface area contributed by atoms with Crippen LogP contribution >= 0.6 is 11.6 Å². The van der Waals surface area contributed by atoms with E-state index in [1.165, 1.54) is 18.3 Å². The van der Waals surface area contributed by atoms with Crippen LogP contribution in [0.15, 0.2) is 18.3 Å². The lowest BCUT2D eigenvalue weighted by molar-refractivity contribution is -0.115. The third kappa shape index (κ3) is 3.16. The van der Waals surface area contributed by atoms with Crippen molar-refractivity contribution >= 4 is 23.3 Å². The first-order valence-corrected chi connectivity index (χ1v) is 6.10. The first-order valence-electron chi connectivity index (χ1n) is 5.73. The molecule has 1 heterocycles. The molecule has 22 heavy (non-hydrogen) atoms. The minimum absolute atomic E-state index is 0.0123. The van der Waals surface area contributed by atoms with E-state index < -0.39 is 47.0 Å². The molecule has 0 aliphatic heterocycles. The Bertz CT molecular complexity index is 707. The van der Waals surface area contributed by atoms with Crippen LogP contribution in [-0.2, 0) is 11.2 Å². The van der Waals surface area contributed by atoms with Gasteiger partial charge in [-0.15, -0.1) is 0 Å². The highest BCUT2D eigenvalue weighted by Gasteiger charge is 2.26. The molecule has 9 heteroatoms. The zero-order chi connectivity index (χ0) is 16.4. The number of amides is 1. The number of nitrogens with zero attached hydrogens (tertiary/aromatic N) is 1. The van der Waals surface area contributed by atoms with Crippen LogP contribution in [0.5, 0.6) is 0 Å². The van der Waals surface area contributed by atoms with Crippen molar-refractivity contribution in [2.45, 2.75) is 6.42 Å². The molecule has 0 unspecified atom stereocenters. The maximum atomic E-state index is 13.4. The lowest BCUT2D eigenvalue weighted by Crippen LogP contribution is -2.18. The molecule has 0 bridgehead atoms. The van der Waals surface area contributed by atoms with Crippen LogP contribution in [0.25, 0.3) is 0 Å². The molecular formula is C13H6ClF5N2O. The predicted octanol–water partition coefficient (Wildman–Crippen LogP) is 3.61. The number of carbonyl (C=O) groups is 1. The molecule has 2 rings (SSSR count). The van der Waals surface area contributed by atoms with E-state index in [9.17, 15) is 26.7 Å². The van der Waals surface area contributed by atoms with Gasteiger partial charge in [-0.2, -0.15) is 0 Å². The van der Waals surface area contributed by atoms with Crippen molar-refractivity contribution in [3.63, 3.8) is 0 Å². The van der Waals surface area contributed by atoms with Crippen molar-refractivity contribution in [3.8, 4) is 0 Å². The minimum atomic E-state index is -2.28. The van der Waals surface area contributed by atoms with Crippen LogP contribution in [0.3, 0.4) is 0 Å². The molecule has 3 nitrogen and oxygen atoms in total. The van der Waals surface area contributed by atoms with E-state index in [1.807, 2.05) is 0 Å². The fourth-order valence-electron chi connectivity index (χ4n) is 1.60. The Morgan fingerprint density at radius 2 is 1.55 bits per heavy atom. The number of nitrogens with one attached hydrogen (secondary N) is 1. The molecule has 1 aromatic carbocycles. The second-order valence-electron chi connectivity index (χ2n) is 4.14. The molecule has 2 aromatic rings. The van der Waals surface area contributed by atoms with Crippen molar-refractivity contribution in [1.29, 1.82) is 0 Å². The largest absolute Gasteiger partial charge is 0.310 e. The molecule has 1 amide bonds. The van der Waals surface area contributed by atoms with Gasteiger partial charge in [0.05, 0.1) is 11.4 Å². The number of hydrogen-bond donors (Lipinski definition) is 1. The van der Waals surface area contributed by atoms with E-state index in [2.05, 4.69) is 10.3 Å². The highest BCUT2D eigenvalue weighted by Crippen LogP contribution is 2.23. The molecule has 0 saturated carbocycles. The molecular weight excluding hydrogens is 331 g/mol. The normalized spacial score (nSPS) is 10.6. The van der Waals surface area contributed by atoms with Crippen LogP contribution in [0.4, 0.5) is 27.8 Å². The third-order valence-electron chi connectivity index (χ3n) is 2.63. The van der Waals surface area contributed by atoms with E-state index in [1.54, 1.807) is 0 Å². The molecule has 0 radical (unpaired) electrons. The van der Waals surface area contributed by atoms with Gasteiger partial charge in [0, 0.05) is 11.8 Å². The van der Waals surface area contributed by atoms with Crippen LogP contribution in [-0.4, -0.2) is 10.9 Å². The standard InChI is InChI=1S/C13H6ClF5N2O/c14-5-1-2-7(20-4-5)21-8(22)3-6-9(15)11(17)13(19)12(18)10(6)16/h1-2,4H,3H2,(H,20,21,22). The van der Waals surface area contributed by atoms with Crippen molar-refractivity contribution in [2.24, 2.45) is 0 Å². The van der Waals surface area contributed by atoms with Gasteiger partial charge in [-0.3, -0.25) is 4.79 Å². The number of hydrogen-bond acceptors (Lipinski definition) is 2. The number of carbonyl (C=O) groups excluding carboxylic acids is 1. The van der Waals surface area contributed by atoms with E-state index in [-0.39, 0.29) is 10.8 Å². The molecule has 0 atom stereocenters. The van der Waals surface area contributed by atoms with Crippen LogP contribution < -0.4 is 5.32 Å². The maximum Gasteiger partial charge on any atom is 0.230 e. The highest BCUT2D eigenvalue weighted by atomic mass is 35.5. The lowest BCUT2D eigenvalue weighted by atomic mass is 10.1. The van der Waals surface area contributed by atoms with Gasteiger partial charge in [-0.1, -0.05) is 11.6 Å². The fraction of sp³-hybridized carbons (Fsp3) is 0.0769. The summed E-state index contributed by atoms with van der Waals surface area (Å²) in [5.41, 5.74) is -1.22. The molecule has 0 saturated heterocycles. The molecule has 1 N–H and O–H groups in total. The minimum Gasteiger partial charge on any atom is -0.310 e. The van der Waals surface area contributed by atoms with Crippen LogP contribution in [0, 0.1) is 29.1 Å². The van der Waals surface area contributed by atoms with Gasteiger partial charge in [0.15, 0.2) is 23.3 Å². The van der Waals surface area contributed by atoms with E-state index in [0.717, 1.165) is 0 Å². The summed E-state index contributed by atoms with van der Waals surface area (Å²) >= 11 is 5.58. The smallest absolute Gasteiger partial charge is 0.230 e. The lowest BCUT2D eigenvalue weighted by Gasteiger charge is -2.08. The number of anilines is 1. The van der Waals surface area contributed by atoms with Crippen molar-refractivity contribution in [3.05, 3.63) is 58.0 Å². The van der Waals surface area contributed by atoms with Crippen molar-refractivity contribution in [2.75, 3.05) is 5.32 Å². The maximum absolute atomic E-state index is 13.4. The molecule has 0 aliphatic carbocycles. The highest BCUT2D eigenvalue weighted by molar-refractivity contribution is 6.30. The number of aromatic nitrogens is 1. The summed E-state index contributed by atoms with van der Waals surface area (Å²) in [6.07, 6.45) is 0.158. The SMILES string of the molecule is O=C(Cc1c(F)c(F)c(F)c(F)c1F)Nc1ccc(Cl)cn1. The Balaban J connectivity index is 2.24. The van der Waals surface area contributed by atoms with E-state index in [4.69, 9.17) is 11.6 Å². The molecule has 116 valence electrons. The Hall–Kier alpha value is -2.22. The van der Waals surface area contributed by atoms with E-state index >= 15 is 0 Å². The topological polar surface area (TPSA) is 42.0 Å². The molecule has 1 aromatic heterocycles. The number of benzene rings is 1. The summed E-state index contributed by atoms with van der Waals surface area (Å²) in [7, 11) is 0. The Kier molecular flexibility index (Phi) is 4.60. The summed E-state index contributed by atoms with van der Waals surface area (Å²) in [6.45, 7) is 0. The van der Waals surface area contributed by atoms with Gasteiger partial charge in [-0.05, 0) is 12.1 Å². The number of pyridine rings is 1. The summed E-state index contributed by atoms with van der Waals surface area (Å²) in [6, 6.07) is 2.70. The number of rotatable bonds is 3. The van der Waals surface area contributed by atoms with Gasteiger partial charge >= 0.3 is 0 Å². The van der Waals surface area contributed by atoms with Gasteiger partial charge in [0.25, 0.3) is 0 Å². The van der Waals surface area contributed by atoms with Gasteiger partial charge in [0.1, 0.15) is 5.82 Å². The summed E-state index contributed by atoms with van der Waals surface area (Å²) in [5, 5.41) is 2.43. The average molecular weight is 337 g/mol.